The molecule has 1 unspecified atom stereocenters. The average Bonchev–Trinajstić information content (AvgIpc) is 2.83. The van der Waals surface area contributed by atoms with Crippen LogP contribution in [-0.2, 0) is 21.1 Å². The number of hydrogen-bond acceptors (Lipinski definition) is 5. The van der Waals surface area contributed by atoms with Crippen LogP contribution in [0.2, 0.25) is 0 Å². The maximum Gasteiger partial charge on any atom is 0.226 e. The topological polar surface area (TPSA) is 76.1 Å². The number of carbonyl (C=O) groups excluding carboxylic acids is 1. The van der Waals surface area contributed by atoms with Gasteiger partial charge in [-0.25, -0.2) is 13.4 Å². The number of nitrogens with one attached hydrogen (secondary N) is 1. The van der Waals surface area contributed by atoms with Crippen LogP contribution < -0.4 is 5.32 Å². The lowest BCUT2D eigenvalue weighted by Gasteiger charge is -2.14. The van der Waals surface area contributed by atoms with Gasteiger partial charge in [0, 0.05) is 11.6 Å². The quantitative estimate of drug-likeness (QED) is 0.907. The predicted molar refractivity (Wildman–Crippen MR) is 86.7 cm³/mol. The predicted octanol–water partition coefficient (Wildman–Crippen LogP) is 2.27. The lowest BCUT2D eigenvalue weighted by Crippen LogP contribution is -2.28. The van der Waals surface area contributed by atoms with Crippen LogP contribution in [0.15, 0.2) is 34.5 Å². The number of carbonyl (C=O) groups is 1. The van der Waals surface area contributed by atoms with Gasteiger partial charge in [-0.05, 0) is 31.5 Å². The van der Waals surface area contributed by atoms with Crippen molar-refractivity contribution in [3.63, 3.8) is 0 Å². The molecule has 1 N–H and O–H groups in total. The van der Waals surface area contributed by atoms with Crippen molar-refractivity contribution in [2.45, 2.75) is 31.2 Å². The van der Waals surface area contributed by atoms with Gasteiger partial charge >= 0.3 is 0 Å². The van der Waals surface area contributed by atoms with E-state index in [1.807, 2.05) is 19.2 Å². The van der Waals surface area contributed by atoms with Crippen molar-refractivity contribution < 1.29 is 13.2 Å². The minimum atomic E-state index is -3.20. The van der Waals surface area contributed by atoms with E-state index in [1.165, 1.54) is 17.6 Å². The van der Waals surface area contributed by atoms with Crippen LogP contribution >= 0.6 is 11.3 Å². The van der Waals surface area contributed by atoms with Crippen molar-refractivity contribution in [2.24, 2.45) is 0 Å². The Kier molecular flexibility index (Phi) is 4.97. The van der Waals surface area contributed by atoms with Crippen LogP contribution in [0.5, 0.6) is 0 Å². The Labute approximate surface area is 134 Å². The zero-order valence-electron chi connectivity index (χ0n) is 12.7. The largest absolute Gasteiger partial charge is 0.349 e. The third kappa shape index (κ3) is 4.38. The number of thiazole rings is 1. The van der Waals surface area contributed by atoms with Crippen molar-refractivity contribution in [3.8, 4) is 0 Å². The molecule has 0 saturated heterocycles. The summed E-state index contributed by atoms with van der Waals surface area (Å²) in [5.74, 6) is -0.106. The SMILES string of the molecule is Cc1nc(CC(=O)NC(C)c2ccc(S(C)(=O)=O)cc2)cs1. The Morgan fingerprint density at radius 2 is 1.95 bits per heavy atom. The summed E-state index contributed by atoms with van der Waals surface area (Å²) in [5.41, 5.74) is 1.62. The van der Waals surface area contributed by atoms with Crippen LogP contribution in [0.1, 0.15) is 29.2 Å². The van der Waals surface area contributed by atoms with Gasteiger partial charge < -0.3 is 5.32 Å². The Balaban J connectivity index is 1.99. The van der Waals surface area contributed by atoms with Crippen LogP contribution in [-0.4, -0.2) is 25.6 Å². The lowest BCUT2D eigenvalue weighted by molar-refractivity contribution is -0.121. The standard InChI is InChI=1S/C15H18N2O3S2/c1-10(12-4-6-14(7-5-12)22(3,19)20)16-15(18)8-13-9-21-11(2)17-13/h4-7,9-10H,8H2,1-3H3,(H,16,18). The van der Waals surface area contributed by atoms with Crippen LogP contribution in [0.4, 0.5) is 0 Å². The summed E-state index contributed by atoms with van der Waals surface area (Å²) in [7, 11) is -3.20. The first kappa shape index (κ1) is 16.6. The molecule has 1 heterocycles. The molecule has 0 saturated carbocycles. The van der Waals surface area contributed by atoms with E-state index in [9.17, 15) is 13.2 Å². The van der Waals surface area contributed by atoms with E-state index >= 15 is 0 Å². The normalized spacial score (nSPS) is 12.9. The first-order chi connectivity index (χ1) is 10.3. The Hall–Kier alpha value is -1.73. The van der Waals surface area contributed by atoms with Gasteiger partial charge in [0.25, 0.3) is 0 Å². The molecule has 0 fully saturated rings. The van der Waals surface area contributed by atoms with Crippen molar-refractivity contribution in [2.75, 3.05) is 6.26 Å². The summed E-state index contributed by atoms with van der Waals surface area (Å²) in [4.78, 5) is 16.5. The van der Waals surface area contributed by atoms with Crippen LogP contribution in [0, 0.1) is 6.92 Å². The van der Waals surface area contributed by atoms with Crippen molar-refractivity contribution in [1.82, 2.24) is 10.3 Å². The van der Waals surface area contributed by atoms with E-state index in [2.05, 4.69) is 10.3 Å². The maximum atomic E-state index is 12.0. The minimum absolute atomic E-state index is 0.106. The molecule has 0 radical (unpaired) electrons. The zero-order chi connectivity index (χ0) is 16.3. The van der Waals surface area contributed by atoms with Crippen molar-refractivity contribution in [1.29, 1.82) is 0 Å². The summed E-state index contributed by atoms with van der Waals surface area (Å²) in [6.45, 7) is 3.76. The highest BCUT2D eigenvalue weighted by Crippen LogP contribution is 2.16. The molecule has 1 amide bonds. The highest BCUT2D eigenvalue weighted by atomic mass is 32.2. The van der Waals surface area contributed by atoms with E-state index in [1.54, 1.807) is 24.3 Å². The molecule has 2 aromatic rings. The second kappa shape index (κ2) is 6.58. The molecular weight excluding hydrogens is 320 g/mol. The summed E-state index contributed by atoms with van der Waals surface area (Å²) in [5, 5.41) is 5.70. The molecule has 118 valence electrons. The number of hydrogen-bond donors (Lipinski definition) is 1. The van der Waals surface area contributed by atoms with Gasteiger partial charge in [0.15, 0.2) is 9.84 Å². The third-order valence-electron chi connectivity index (χ3n) is 3.19. The van der Waals surface area contributed by atoms with Gasteiger partial charge in [-0.2, -0.15) is 0 Å². The van der Waals surface area contributed by atoms with Gasteiger partial charge in [0.1, 0.15) is 0 Å². The molecule has 0 aliphatic heterocycles. The second-order valence-corrected chi connectivity index (χ2v) is 8.24. The van der Waals surface area contributed by atoms with Gasteiger partial charge in [-0.1, -0.05) is 12.1 Å². The zero-order valence-corrected chi connectivity index (χ0v) is 14.3. The number of nitrogens with zero attached hydrogens (tertiary/aromatic N) is 1. The monoisotopic (exact) mass is 338 g/mol. The van der Waals surface area contributed by atoms with Crippen molar-refractivity contribution in [3.05, 3.63) is 45.9 Å². The number of aryl methyl sites for hydroxylation is 1. The lowest BCUT2D eigenvalue weighted by atomic mass is 10.1. The molecule has 1 atom stereocenters. The molecule has 0 aliphatic carbocycles. The smallest absolute Gasteiger partial charge is 0.226 e. The minimum Gasteiger partial charge on any atom is -0.349 e. The average molecular weight is 338 g/mol. The van der Waals surface area contributed by atoms with Gasteiger partial charge in [-0.15, -0.1) is 11.3 Å². The number of amides is 1. The molecule has 22 heavy (non-hydrogen) atoms. The summed E-state index contributed by atoms with van der Waals surface area (Å²) in [6.07, 6.45) is 1.42. The fourth-order valence-corrected chi connectivity index (χ4v) is 3.28. The molecule has 2 rings (SSSR count). The van der Waals surface area contributed by atoms with Crippen LogP contribution in [0.3, 0.4) is 0 Å². The van der Waals surface area contributed by atoms with Gasteiger partial charge in [-0.3, -0.25) is 4.79 Å². The van der Waals surface area contributed by atoms with E-state index in [4.69, 9.17) is 0 Å². The first-order valence-corrected chi connectivity index (χ1v) is 9.53. The number of aromatic nitrogens is 1. The second-order valence-electron chi connectivity index (χ2n) is 5.17. The Morgan fingerprint density at radius 1 is 1.32 bits per heavy atom. The Morgan fingerprint density at radius 3 is 2.45 bits per heavy atom. The van der Waals surface area contributed by atoms with E-state index in [0.717, 1.165) is 16.3 Å². The third-order valence-corrected chi connectivity index (χ3v) is 5.14. The van der Waals surface area contributed by atoms with E-state index in [0.29, 0.717) is 0 Å². The Bertz CT molecular complexity index is 764. The summed E-state index contributed by atoms with van der Waals surface area (Å²) < 4.78 is 22.8. The molecule has 1 aromatic heterocycles. The number of sulfone groups is 1. The number of rotatable bonds is 5. The van der Waals surface area contributed by atoms with Crippen molar-refractivity contribution >= 4 is 27.1 Å². The fraction of sp³-hybridized carbons (Fsp3) is 0.333. The molecule has 0 aliphatic rings. The molecular formula is C15H18N2O3S2. The number of benzene rings is 1. The molecule has 0 spiro atoms. The van der Waals surface area contributed by atoms with Crippen LogP contribution in [0.25, 0.3) is 0 Å². The fourth-order valence-electron chi connectivity index (χ4n) is 2.03. The highest BCUT2D eigenvalue weighted by molar-refractivity contribution is 7.90. The summed E-state index contributed by atoms with van der Waals surface area (Å²) >= 11 is 1.52. The molecule has 5 nitrogen and oxygen atoms in total. The first-order valence-electron chi connectivity index (χ1n) is 6.76. The summed E-state index contributed by atoms with van der Waals surface area (Å²) in [6, 6.07) is 6.34. The highest BCUT2D eigenvalue weighted by Gasteiger charge is 2.13. The maximum absolute atomic E-state index is 12.0. The molecule has 0 bridgehead atoms. The van der Waals surface area contributed by atoms with Gasteiger partial charge in [0.2, 0.25) is 5.91 Å². The van der Waals surface area contributed by atoms with E-state index < -0.39 is 9.84 Å². The molecule has 7 heteroatoms. The molecule has 1 aromatic carbocycles. The van der Waals surface area contributed by atoms with Gasteiger partial charge in [0.05, 0.1) is 28.1 Å². The van der Waals surface area contributed by atoms with E-state index in [-0.39, 0.29) is 23.3 Å².